The van der Waals surface area contributed by atoms with Crippen LogP contribution >= 0.6 is 0 Å². The summed E-state index contributed by atoms with van der Waals surface area (Å²) in [7, 11) is 4.40. The second kappa shape index (κ2) is 11.2. The van der Waals surface area contributed by atoms with Gasteiger partial charge in [0, 0.05) is 10.9 Å². The van der Waals surface area contributed by atoms with Gasteiger partial charge in [0.05, 0.1) is 34.5 Å². The molecule has 4 rings (SSSR count). The quantitative estimate of drug-likeness (QED) is 0.247. The Kier molecular flexibility index (Phi) is 8.16. The summed E-state index contributed by atoms with van der Waals surface area (Å²) >= 11 is 0. The third kappa shape index (κ3) is 4.68. The number of aliphatic hydroxyl groups excluding tert-OH is 5. The van der Waals surface area contributed by atoms with Crippen LogP contribution in [0.2, 0.25) is 0 Å². The first-order valence-corrected chi connectivity index (χ1v) is 11.9. The Balaban J connectivity index is 1.99. The minimum absolute atomic E-state index is 0.0394. The second-order valence-corrected chi connectivity index (χ2v) is 8.92. The Morgan fingerprint density at radius 3 is 2.03 bits per heavy atom. The lowest BCUT2D eigenvalue weighted by molar-refractivity contribution is -0.277. The van der Waals surface area contributed by atoms with Gasteiger partial charge in [-0.15, -0.1) is 0 Å². The van der Waals surface area contributed by atoms with Gasteiger partial charge in [0.15, 0.2) is 23.0 Å². The molecule has 1 heterocycles. The standard InChI is InChI=1S/C27H32O11/c1-12-16(10-28)26(38-27-25(33)24(32)23(31)21(11-29)37-27)15-9-20(36-4)19(35-3)8-14(15)22(12)13-5-6-17(30)18(7-13)34-2/h5-9,21,23-25,27-33H,10-11H2,1-4H3/t21-,23-,24+,25-,27+/m1/s1. The van der Waals surface area contributed by atoms with Crippen molar-refractivity contribution in [1.29, 1.82) is 0 Å². The number of hydrogen-bond donors (Lipinski definition) is 6. The molecule has 1 saturated heterocycles. The predicted molar refractivity (Wildman–Crippen MR) is 136 cm³/mol. The topological polar surface area (TPSA) is 168 Å². The Morgan fingerprint density at radius 1 is 0.816 bits per heavy atom. The number of phenols is 1. The van der Waals surface area contributed by atoms with Crippen molar-refractivity contribution in [3.8, 4) is 39.9 Å². The zero-order chi connectivity index (χ0) is 27.7. The first-order chi connectivity index (χ1) is 18.2. The van der Waals surface area contributed by atoms with Crippen LogP contribution in [0.25, 0.3) is 21.9 Å². The summed E-state index contributed by atoms with van der Waals surface area (Å²) in [4.78, 5) is 0. The summed E-state index contributed by atoms with van der Waals surface area (Å²) in [5.41, 5.74) is 2.32. The average molecular weight is 533 g/mol. The van der Waals surface area contributed by atoms with E-state index in [0.717, 1.165) is 0 Å². The third-order valence-electron chi connectivity index (χ3n) is 6.85. The Morgan fingerprint density at radius 2 is 1.45 bits per heavy atom. The predicted octanol–water partition coefficient (Wildman–Crippen LogP) is 1.22. The van der Waals surface area contributed by atoms with Gasteiger partial charge in [-0.2, -0.15) is 0 Å². The molecule has 1 fully saturated rings. The maximum atomic E-state index is 10.6. The number of ether oxygens (including phenoxy) is 5. The number of aliphatic hydroxyl groups is 5. The van der Waals surface area contributed by atoms with E-state index in [0.29, 0.717) is 44.5 Å². The lowest BCUT2D eigenvalue weighted by atomic mass is 9.89. The largest absolute Gasteiger partial charge is 0.504 e. The van der Waals surface area contributed by atoms with E-state index in [1.807, 2.05) is 0 Å². The first-order valence-electron chi connectivity index (χ1n) is 11.9. The fraction of sp³-hybridized carbons (Fsp3) is 0.407. The van der Waals surface area contributed by atoms with Gasteiger partial charge in [0.25, 0.3) is 0 Å². The van der Waals surface area contributed by atoms with Crippen molar-refractivity contribution in [3.63, 3.8) is 0 Å². The van der Waals surface area contributed by atoms with E-state index in [-0.39, 0.29) is 17.2 Å². The van der Waals surface area contributed by atoms with Crippen LogP contribution in [-0.2, 0) is 11.3 Å². The molecule has 38 heavy (non-hydrogen) atoms. The molecule has 3 aromatic carbocycles. The van der Waals surface area contributed by atoms with Crippen LogP contribution in [-0.4, -0.2) is 89.3 Å². The van der Waals surface area contributed by atoms with Crippen molar-refractivity contribution in [2.45, 2.75) is 44.2 Å². The van der Waals surface area contributed by atoms with E-state index in [1.165, 1.54) is 27.4 Å². The molecule has 11 heteroatoms. The molecule has 5 atom stereocenters. The lowest BCUT2D eigenvalue weighted by Gasteiger charge is -2.40. The number of hydrogen-bond acceptors (Lipinski definition) is 11. The Hall–Kier alpha value is -3.32. The summed E-state index contributed by atoms with van der Waals surface area (Å²) in [5.74, 6) is 1.13. The van der Waals surface area contributed by atoms with Crippen molar-refractivity contribution in [2.24, 2.45) is 0 Å². The highest BCUT2D eigenvalue weighted by Crippen LogP contribution is 2.47. The highest BCUT2D eigenvalue weighted by Gasteiger charge is 2.45. The van der Waals surface area contributed by atoms with Crippen molar-refractivity contribution in [2.75, 3.05) is 27.9 Å². The van der Waals surface area contributed by atoms with Crippen molar-refractivity contribution >= 4 is 10.8 Å². The van der Waals surface area contributed by atoms with Crippen LogP contribution in [0.5, 0.6) is 28.7 Å². The van der Waals surface area contributed by atoms with E-state index >= 15 is 0 Å². The molecule has 0 aromatic heterocycles. The van der Waals surface area contributed by atoms with E-state index in [9.17, 15) is 30.6 Å². The fourth-order valence-electron chi connectivity index (χ4n) is 4.77. The molecule has 0 aliphatic carbocycles. The molecule has 0 unspecified atom stereocenters. The van der Waals surface area contributed by atoms with E-state index in [2.05, 4.69) is 0 Å². The molecular weight excluding hydrogens is 500 g/mol. The molecule has 0 radical (unpaired) electrons. The summed E-state index contributed by atoms with van der Waals surface area (Å²) in [6, 6.07) is 8.24. The smallest absolute Gasteiger partial charge is 0.229 e. The molecule has 0 bridgehead atoms. The maximum Gasteiger partial charge on any atom is 0.229 e. The van der Waals surface area contributed by atoms with Gasteiger partial charge in [-0.25, -0.2) is 0 Å². The normalized spacial score (nSPS) is 23.3. The third-order valence-corrected chi connectivity index (χ3v) is 6.85. The SMILES string of the molecule is COc1cc(-c2c(C)c(CO)c(O[C@@H]3O[C@H](CO)[C@@H](O)[C@H](O)[C@H]3O)c3cc(OC)c(OC)cc23)ccc1O. The lowest BCUT2D eigenvalue weighted by Crippen LogP contribution is -2.60. The van der Waals surface area contributed by atoms with Crippen LogP contribution < -0.4 is 18.9 Å². The van der Waals surface area contributed by atoms with Crippen LogP contribution in [0, 0.1) is 6.92 Å². The van der Waals surface area contributed by atoms with Gasteiger partial charge in [-0.1, -0.05) is 6.07 Å². The zero-order valence-corrected chi connectivity index (χ0v) is 21.4. The molecule has 6 N–H and O–H groups in total. The van der Waals surface area contributed by atoms with Gasteiger partial charge in [-0.3, -0.25) is 0 Å². The molecule has 0 saturated carbocycles. The van der Waals surface area contributed by atoms with E-state index < -0.39 is 43.9 Å². The van der Waals surface area contributed by atoms with Crippen molar-refractivity contribution in [3.05, 3.63) is 41.5 Å². The molecule has 1 aliphatic heterocycles. The minimum atomic E-state index is -1.66. The van der Waals surface area contributed by atoms with E-state index in [4.69, 9.17) is 23.7 Å². The summed E-state index contributed by atoms with van der Waals surface area (Å²) in [6.07, 6.45) is -7.51. The van der Waals surface area contributed by atoms with Crippen LogP contribution in [0.1, 0.15) is 11.1 Å². The van der Waals surface area contributed by atoms with Gasteiger partial charge in [0.1, 0.15) is 30.2 Å². The second-order valence-electron chi connectivity index (χ2n) is 8.92. The molecular formula is C27H32O11. The van der Waals surface area contributed by atoms with E-state index in [1.54, 1.807) is 31.2 Å². The van der Waals surface area contributed by atoms with Gasteiger partial charge in [0.2, 0.25) is 6.29 Å². The molecule has 0 spiro atoms. The number of benzene rings is 3. The monoisotopic (exact) mass is 532 g/mol. The van der Waals surface area contributed by atoms with Gasteiger partial charge in [-0.05, 0) is 53.3 Å². The molecule has 3 aromatic rings. The first kappa shape index (κ1) is 27.7. The highest BCUT2D eigenvalue weighted by molar-refractivity contribution is 6.04. The highest BCUT2D eigenvalue weighted by atomic mass is 16.7. The Labute approximate surface area is 219 Å². The number of phenolic OH excluding ortho intramolecular Hbond substituents is 1. The number of aromatic hydroxyl groups is 1. The average Bonchev–Trinajstić information content (AvgIpc) is 2.93. The van der Waals surface area contributed by atoms with Gasteiger partial charge >= 0.3 is 0 Å². The Bertz CT molecular complexity index is 1310. The zero-order valence-electron chi connectivity index (χ0n) is 21.4. The van der Waals surface area contributed by atoms with Crippen LogP contribution in [0.15, 0.2) is 30.3 Å². The maximum absolute atomic E-state index is 10.6. The van der Waals surface area contributed by atoms with Crippen molar-refractivity contribution < 1.29 is 54.3 Å². The number of methoxy groups -OCH3 is 3. The number of rotatable bonds is 8. The summed E-state index contributed by atoms with van der Waals surface area (Å²) in [5, 5.41) is 62.3. The molecule has 1 aliphatic rings. The summed E-state index contributed by atoms with van der Waals surface area (Å²) in [6.45, 7) is 0.686. The van der Waals surface area contributed by atoms with Crippen LogP contribution in [0.4, 0.5) is 0 Å². The van der Waals surface area contributed by atoms with Gasteiger partial charge < -0.3 is 54.3 Å². The molecule has 206 valence electrons. The number of fused-ring (bicyclic) bond motifs is 1. The molecule has 0 amide bonds. The fourth-order valence-corrected chi connectivity index (χ4v) is 4.77. The van der Waals surface area contributed by atoms with Crippen LogP contribution in [0.3, 0.4) is 0 Å². The summed E-state index contributed by atoms with van der Waals surface area (Å²) < 4.78 is 28.0. The van der Waals surface area contributed by atoms with Crippen molar-refractivity contribution in [1.82, 2.24) is 0 Å². The minimum Gasteiger partial charge on any atom is -0.504 e. The molecule has 11 nitrogen and oxygen atoms in total.